The molecule has 0 saturated carbocycles. The summed E-state index contributed by atoms with van der Waals surface area (Å²) in [7, 11) is 0. The predicted octanol–water partition coefficient (Wildman–Crippen LogP) is 3.78. The van der Waals surface area contributed by atoms with Crippen molar-refractivity contribution in [2.45, 2.75) is 31.5 Å². The third kappa shape index (κ3) is 6.34. The number of hydrazone groups is 1. The second-order valence-electron chi connectivity index (χ2n) is 7.26. The number of piperidine rings is 1. The summed E-state index contributed by atoms with van der Waals surface area (Å²) < 4.78 is 42.9. The zero-order chi connectivity index (χ0) is 23.1. The maximum absolute atomic E-state index is 12.7. The fraction of sp³-hybridized carbons (Fsp3) is 0.333. The Hall–Kier alpha value is -3.83. The molecule has 1 saturated heterocycles. The molecule has 4 heterocycles. The monoisotopic (exact) mass is 458 g/mol. The second kappa shape index (κ2) is 10.2. The quantitative estimate of drug-likeness (QED) is 0.422. The molecule has 1 fully saturated rings. The Morgan fingerprint density at radius 1 is 1.12 bits per heavy atom. The zero-order valence-corrected chi connectivity index (χ0v) is 17.5. The fourth-order valence-electron chi connectivity index (χ4n) is 3.40. The lowest BCUT2D eigenvalue weighted by Gasteiger charge is -2.35. The summed E-state index contributed by atoms with van der Waals surface area (Å²) in [5.41, 5.74) is 4.19. The van der Waals surface area contributed by atoms with Gasteiger partial charge in [0.1, 0.15) is 0 Å². The van der Waals surface area contributed by atoms with E-state index in [0.717, 1.165) is 30.5 Å². The van der Waals surface area contributed by atoms with Crippen molar-refractivity contribution in [3.05, 3.63) is 60.2 Å². The van der Waals surface area contributed by atoms with Crippen LogP contribution in [0.3, 0.4) is 0 Å². The van der Waals surface area contributed by atoms with Crippen LogP contribution in [0.1, 0.15) is 36.6 Å². The summed E-state index contributed by atoms with van der Waals surface area (Å²) in [6, 6.07) is 8.60. The summed E-state index contributed by atoms with van der Waals surface area (Å²) in [5, 5.41) is 4.05. The maximum atomic E-state index is 12.7. The van der Waals surface area contributed by atoms with Gasteiger partial charge in [0.05, 0.1) is 18.0 Å². The highest BCUT2D eigenvalue weighted by Crippen LogP contribution is 2.33. The van der Waals surface area contributed by atoms with Crippen LogP contribution in [0.2, 0.25) is 0 Å². The van der Waals surface area contributed by atoms with Gasteiger partial charge in [0.2, 0.25) is 5.95 Å². The van der Waals surface area contributed by atoms with Crippen molar-refractivity contribution in [3.8, 4) is 6.01 Å². The highest BCUT2D eigenvalue weighted by Gasteiger charge is 2.31. The molecule has 0 unspecified atom stereocenters. The molecular weight excluding hydrogens is 437 g/mol. The third-order valence-corrected chi connectivity index (χ3v) is 4.82. The standard InChI is InChI=1S/C21H21F3N8O/c22-21(23,24)14-33-20-29-18(31-27-13-15-6-5-9-25-12-15)28-19(30-20)32-11-4-2-8-17(32)16-7-1-3-10-26-16/h1,3,5-7,9-10,12-13,17H,2,4,8,11,14H2,(H,28,29,30,31)/b27-13+/t17-/m1/s1. The number of nitrogens with zero attached hydrogens (tertiary/aromatic N) is 7. The van der Waals surface area contributed by atoms with E-state index in [4.69, 9.17) is 4.74 Å². The number of halogens is 3. The average molecular weight is 458 g/mol. The SMILES string of the molecule is FC(F)(F)COc1nc(N/N=C/c2cccnc2)nc(N2CCCC[C@@H]2c2ccccn2)n1. The molecule has 3 aromatic heterocycles. The molecule has 0 bridgehead atoms. The number of ether oxygens (including phenoxy) is 1. The van der Waals surface area contributed by atoms with Crippen molar-refractivity contribution in [1.82, 2.24) is 24.9 Å². The van der Waals surface area contributed by atoms with Gasteiger partial charge < -0.3 is 9.64 Å². The van der Waals surface area contributed by atoms with E-state index in [2.05, 4.69) is 35.4 Å². The molecule has 1 aliphatic rings. The van der Waals surface area contributed by atoms with Crippen molar-refractivity contribution in [1.29, 1.82) is 0 Å². The highest BCUT2D eigenvalue weighted by molar-refractivity contribution is 5.79. The van der Waals surface area contributed by atoms with Gasteiger partial charge in [-0.3, -0.25) is 9.97 Å². The van der Waals surface area contributed by atoms with Gasteiger partial charge in [-0.15, -0.1) is 0 Å². The lowest BCUT2D eigenvalue weighted by molar-refractivity contribution is -0.154. The van der Waals surface area contributed by atoms with Crippen molar-refractivity contribution >= 4 is 18.1 Å². The number of rotatable bonds is 7. The number of pyridine rings is 2. The molecule has 1 aliphatic heterocycles. The number of hydrogen-bond acceptors (Lipinski definition) is 9. The normalized spacial score (nSPS) is 16.7. The highest BCUT2D eigenvalue weighted by atomic mass is 19.4. The summed E-state index contributed by atoms with van der Waals surface area (Å²) >= 11 is 0. The molecule has 0 spiro atoms. The van der Waals surface area contributed by atoms with Crippen LogP contribution in [-0.4, -0.2) is 50.5 Å². The van der Waals surface area contributed by atoms with Gasteiger partial charge in [-0.05, 0) is 37.5 Å². The molecule has 9 nitrogen and oxygen atoms in total. The first-order valence-corrected chi connectivity index (χ1v) is 10.3. The minimum Gasteiger partial charge on any atom is -0.454 e. The molecule has 172 valence electrons. The predicted molar refractivity (Wildman–Crippen MR) is 115 cm³/mol. The van der Waals surface area contributed by atoms with Crippen molar-refractivity contribution in [3.63, 3.8) is 0 Å². The minimum atomic E-state index is -4.53. The van der Waals surface area contributed by atoms with E-state index >= 15 is 0 Å². The molecule has 0 aromatic carbocycles. The van der Waals surface area contributed by atoms with Crippen LogP contribution in [0.5, 0.6) is 6.01 Å². The molecular formula is C21H21F3N8O. The van der Waals surface area contributed by atoms with E-state index in [0.29, 0.717) is 6.54 Å². The number of alkyl halides is 3. The molecule has 33 heavy (non-hydrogen) atoms. The van der Waals surface area contributed by atoms with Crippen LogP contribution in [0.4, 0.5) is 25.1 Å². The van der Waals surface area contributed by atoms with Crippen molar-refractivity contribution in [2.24, 2.45) is 5.10 Å². The number of hydrogen-bond donors (Lipinski definition) is 1. The maximum Gasteiger partial charge on any atom is 0.422 e. The van der Waals surface area contributed by atoms with E-state index in [1.165, 1.54) is 6.21 Å². The van der Waals surface area contributed by atoms with Crippen LogP contribution < -0.4 is 15.1 Å². The van der Waals surface area contributed by atoms with Gasteiger partial charge in [-0.25, -0.2) is 5.43 Å². The van der Waals surface area contributed by atoms with E-state index in [1.807, 2.05) is 23.1 Å². The van der Waals surface area contributed by atoms with Crippen molar-refractivity contribution < 1.29 is 17.9 Å². The summed E-state index contributed by atoms with van der Waals surface area (Å²) in [5.74, 6) is 0.152. The summed E-state index contributed by atoms with van der Waals surface area (Å²) in [4.78, 5) is 22.8. The Bertz CT molecular complexity index is 1070. The Kier molecular flexibility index (Phi) is 6.91. The van der Waals surface area contributed by atoms with E-state index in [1.54, 1.807) is 30.7 Å². The molecule has 0 amide bonds. The van der Waals surface area contributed by atoms with E-state index in [-0.39, 0.29) is 17.9 Å². The lowest BCUT2D eigenvalue weighted by atomic mass is 9.99. The van der Waals surface area contributed by atoms with Crippen LogP contribution >= 0.6 is 0 Å². The molecule has 1 atom stereocenters. The first kappa shape index (κ1) is 22.4. The van der Waals surface area contributed by atoms with Crippen LogP contribution in [0, 0.1) is 0 Å². The largest absolute Gasteiger partial charge is 0.454 e. The Morgan fingerprint density at radius 2 is 2.03 bits per heavy atom. The second-order valence-corrected chi connectivity index (χ2v) is 7.26. The molecule has 4 rings (SSSR count). The lowest BCUT2D eigenvalue weighted by Crippen LogP contribution is -2.35. The molecule has 12 heteroatoms. The smallest absolute Gasteiger partial charge is 0.422 e. The number of aromatic nitrogens is 5. The van der Waals surface area contributed by atoms with Crippen LogP contribution in [0.25, 0.3) is 0 Å². The van der Waals surface area contributed by atoms with Gasteiger partial charge in [0, 0.05) is 30.7 Å². The number of anilines is 2. The van der Waals surface area contributed by atoms with Gasteiger partial charge >= 0.3 is 12.2 Å². The van der Waals surface area contributed by atoms with Crippen LogP contribution in [0.15, 0.2) is 54.0 Å². The van der Waals surface area contributed by atoms with Gasteiger partial charge in [-0.1, -0.05) is 12.1 Å². The number of nitrogens with one attached hydrogen (secondary N) is 1. The zero-order valence-electron chi connectivity index (χ0n) is 17.5. The molecule has 3 aromatic rings. The third-order valence-electron chi connectivity index (χ3n) is 4.82. The average Bonchev–Trinajstić information content (AvgIpc) is 2.83. The van der Waals surface area contributed by atoms with Gasteiger partial charge in [0.25, 0.3) is 5.95 Å². The first-order valence-electron chi connectivity index (χ1n) is 10.3. The van der Waals surface area contributed by atoms with Crippen molar-refractivity contribution in [2.75, 3.05) is 23.5 Å². The topological polar surface area (TPSA) is 101 Å². The van der Waals surface area contributed by atoms with E-state index < -0.39 is 18.8 Å². The molecule has 0 aliphatic carbocycles. The van der Waals surface area contributed by atoms with Gasteiger partial charge in [-0.2, -0.15) is 33.2 Å². The van der Waals surface area contributed by atoms with Crippen LogP contribution in [-0.2, 0) is 0 Å². The Morgan fingerprint density at radius 3 is 2.79 bits per heavy atom. The van der Waals surface area contributed by atoms with E-state index in [9.17, 15) is 13.2 Å². The Labute approximate surface area is 187 Å². The van der Waals surface area contributed by atoms with Gasteiger partial charge in [0.15, 0.2) is 6.61 Å². The summed E-state index contributed by atoms with van der Waals surface area (Å²) in [6.45, 7) is -0.902. The fourth-order valence-corrected chi connectivity index (χ4v) is 3.40. The molecule has 0 radical (unpaired) electrons. The Balaban J connectivity index is 1.62. The first-order chi connectivity index (χ1) is 16.0. The molecule has 1 N–H and O–H groups in total. The summed E-state index contributed by atoms with van der Waals surface area (Å²) in [6.07, 6.45) is 4.58. The minimum absolute atomic E-state index is 0.0392.